The van der Waals surface area contributed by atoms with E-state index in [1.54, 1.807) is 24.3 Å². The van der Waals surface area contributed by atoms with Crippen LogP contribution in [0.2, 0.25) is 0 Å². The Bertz CT molecular complexity index is 1490. The van der Waals surface area contributed by atoms with Crippen LogP contribution in [-0.4, -0.2) is 11.8 Å². The van der Waals surface area contributed by atoms with Gasteiger partial charge in [-0.15, -0.1) is 0 Å². The van der Waals surface area contributed by atoms with E-state index in [-0.39, 0.29) is 11.8 Å². The summed E-state index contributed by atoms with van der Waals surface area (Å²) in [6.45, 7) is 4.28. The van der Waals surface area contributed by atoms with Gasteiger partial charge in [0, 0.05) is 10.8 Å². The molecule has 1 saturated heterocycles. The molecule has 2 atom stereocenters. The molecule has 1 aliphatic heterocycles. The van der Waals surface area contributed by atoms with Crippen molar-refractivity contribution in [2.75, 3.05) is 4.90 Å². The van der Waals surface area contributed by atoms with E-state index >= 15 is 0 Å². The van der Waals surface area contributed by atoms with Crippen molar-refractivity contribution in [2.24, 2.45) is 22.1 Å². The van der Waals surface area contributed by atoms with Crippen LogP contribution in [0.25, 0.3) is 0 Å². The van der Waals surface area contributed by atoms with Gasteiger partial charge in [0.1, 0.15) is 0 Å². The molecular weight excluding hydrogens is 458 g/mol. The summed E-state index contributed by atoms with van der Waals surface area (Å²) in [4.78, 5) is 29.7. The topological polar surface area (TPSA) is 62.1 Å². The fraction of sp³-hybridized carbons (Fsp3) is 0.188. The number of hydrogen-bond acceptors (Lipinski definition) is 4. The van der Waals surface area contributed by atoms with E-state index in [0.29, 0.717) is 11.4 Å². The van der Waals surface area contributed by atoms with Gasteiger partial charge < -0.3 is 0 Å². The summed E-state index contributed by atoms with van der Waals surface area (Å²) < 4.78 is 0. The molecule has 5 nitrogen and oxygen atoms in total. The molecule has 3 aliphatic carbocycles. The van der Waals surface area contributed by atoms with Gasteiger partial charge in [0.25, 0.3) is 0 Å². The van der Waals surface area contributed by atoms with Crippen LogP contribution in [0.15, 0.2) is 113 Å². The molecule has 2 amide bonds. The molecule has 0 radical (unpaired) electrons. The summed E-state index contributed by atoms with van der Waals surface area (Å²) in [5.41, 5.74) is 5.42. The fourth-order valence-electron chi connectivity index (χ4n) is 7.10. The molecule has 2 bridgehead atoms. The highest BCUT2D eigenvalue weighted by molar-refractivity contribution is 6.24. The lowest BCUT2D eigenvalue weighted by molar-refractivity contribution is -0.124. The maximum atomic E-state index is 14.2. The van der Waals surface area contributed by atoms with Crippen LogP contribution in [-0.2, 0) is 20.4 Å². The summed E-state index contributed by atoms with van der Waals surface area (Å²) >= 11 is 0. The predicted octanol–water partition coefficient (Wildman–Crippen LogP) is 6.85. The van der Waals surface area contributed by atoms with Crippen LogP contribution in [0.3, 0.4) is 0 Å². The molecule has 0 spiro atoms. The third kappa shape index (κ3) is 2.74. The Kier molecular flexibility index (Phi) is 4.47. The number of benzene rings is 4. The van der Waals surface area contributed by atoms with Gasteiger partial charge in [-0.05, 0) is 58.7 Å². The largest absolute Gasteiger partial charge is 0.274 e. The van der Waals surface area contributed by atoms with Crippen molar-refractivity contribution in [1.82, 2.24) is 0 Å². The summed E-state index contributed by atoms with van der Waals surface area (Å²) in [6, 6.07) is 33.4. The minimum Gasteiger partial charge on any atom is -0.274 e. The average Bonchev–Trinajstić information content (AvgIpc) is 3.22. The SMILES string of the molecule is CC12c3ccccc3C(C)(c3ccccc31)[C@H]1C(=O)N(c3ccc(N=Nc4ccccc4)cc3)C(=O)[C@@H]12. The fourth-order valence-corrected chi connectivity index (χ4v) is 7.10. The maximum absolute atomic E-state index is 14.2. The van der Waals surface area contributed by atoms with Gasteiger partial charge in [-0.2, -0.15) is 10.2 Å². The average molecular weight is 484 g/mol. The smallest absolute Gasteiger partial charge is 0.238 e. The quantitative estimate of drug-likeness (QED) is 0.236. The predicted molar refractivity (Wildman–Crippen MR) is 142 cm³/mol. The number of anilines is 1. The van der Waals surface area contributed by atoms with Crippen molar-refractivity contribution in [3.05, 3.63) is 125 Å². The molecule has 4 aromatic rings. The van der Waals surface area contributed by atoms with E-state index in [9.17, 15) is 9.59 Å². The first-order chi connectivity index (χ1) is 18.0. The highest BCUT2D eigenvalue weighted by Gasteiger charge is 2.70. The van der Waals surface area contributed by atoms with Gasteiger partial charge in [-0.25, -0.2) is 4.90 Å². The third-order valence-electron chi connectivity index (χ3n) is 8.79. The van der Waals surface area contributed by atoms with Crippen molar-refractivity contribution in [3.8, 4) is 0 Å². The molecule has 4 aromatic carbocycles. The van der Waals surface area contributed by atoms with E-state index in [2.05, 4.69) is 48.3 Å². The zero-order valence-electron chi connectivity index (χ0n) is 20.6. The summed E-state index contributed by atoms with van der Waals surface area (Å²) in [7, 11) is 0. The lowest BCUT2D eigenvalue weighted by atomic mass is 9.42. The lowest BCUT2D eigenvalue weighted by Gasteiger charge is -2.57. The van der Waals surface area contributed by atoms with Crippen LogP contribution >= 0.6 is 0 Å². The first-order valence-corrected chi connectivity index (χ1v) is 12.6. The van der Waals surface area contributed by atoms with Gasteiger partial charge in [0.05, 0.1) is 28.9 Å². The Morgan fingerprint density at radius 3 is 1.35 bits per heavy atom. The zero-order valence-corrected chi connectivity index (χ0v) is 20.6. The van der Waals surface area contributed by atoms with Crippen LogP contribution < -0.4 is 4.90 Å². The summed E-state index contributed by atoms with van der Waals surface area (Å²) in [5.74, 6) is -1.20. The van der Waals surface area contributed by atoms with Gasteiger partial charge in [-0.1, -0.05) is 80.6 Å². The van der Waals surface area contributed by atoms with Crippen molar-refractivity contribution in [1.29, 1.82) is 0 Å². The van der Waals surface area contributed by atoms with Crippen LogP contribution in [0.1, 0.15) is 36.1 Å². The summed E-state index contributed by atoms with van der Waals surface area (Å²) in [5, 5.41) is 8.56. The molecule has 1 heterocycles. The van der Waals surface area contributed by atoms with Gasteiger partial charge >= 0.3 is 0 Å². The number of nitrogens with zero attached hydrogens (tertiary/aromatic N) is 3. The molecule has 0 unspecified atom stereocenters. The molecule has 0 N–H and O–H groups in total. The second kappa shape index (κ2) is 7.56. The van der Waals surface area contributed by atoms with E-state index in [0.717, 1.165) is 27.9 Å². The Morgan fingerprint density at radius 2 is 0.919 bits per heavy atom. The zero-order chi connectivity index (χ0) is 25.4. The highest BCUT2D eigenvalue weighted by Crippen LogP contribution is 2.66. The Hall–Kier alpha value is -4.38. The molecule has 180 valence electrons. The number of rotatable bonds is 3. The lowest BCUT2D eigenvalue weighted by Crippen LogP contribution is -2.59. The molecule has 4 aliphatic rings. The second-order valence-corrected chi connectivity index (χ2v) is 10.5. The standard InChI is InChI=1S/C32H25N3O2/c1-31-23-12-6-8-14-25(23)32(2,26-15-9-7-13-24(26)31)28-27(31)29(36)35(30(28)37)22-18-16-21(17-19-22)34-33-20-10-4-3-5-11-20/h3-19,27-28H,1-2H3/t27-,28-,31?,32?/m1/s1. The maximum Gasteiger partial charge on any atom is 0.238 e. The van der Waals surface area contributed by atoms with E-state index in [1.165, 1.54) is 4.90 Å². The van der Waals surface area contributed by atoms with Gasteiger partial charge in [-0.3, -0.25) is 9.59 Å². The van der Waals surface area contributed by atoms with E-state index in [1.807, 2.05) is 54.6 Å². The van der Waals surface area contributed by atoms with E-state index < -0.39 is 22.7 Å². The highest BCUT2D eigenvalue weighted by atomic mass is 16.2. The number of amides is 2. The van der Waals surface area contributed by atoms with Crippen LogP contribution in [0.5, 0.6) is 0 Å². The molecule has 0 saturated carbocycles. The number of carbonyl (C=O) groups is 2. The van der Waals surface area contributed by atoms with Crippen molar-refractivity contribution < 1.29 is 9.59 Å². The minimum absolute atomic E-state index is 0.133. The number of carbonyl (C=O) groups excluding carboxylic acids is 2. The first-order valence-electron chi connectivity index (χ1n) is 12.6. The normalized spacial score (nSPS) is 27.4. The molecule has 0 aromatic heterocycles. The summed E-state index contributed by atoms with van der Waals surface area (Å²) in [6.07, 6.45) is 0. The Labute approximate surface area is 215 Å². The van der Waals surface area contributed by atoms with E-state index in [4.69, 9.17) is 0 Å². The molecule has 1 fully saturated rings. The molecule has 5 heteroatoms. The Morgan fingerprint density at radius 1 is 0.541 bits per heavy atom. The number of hydrogen-bond donors (Lipinski definition) is 0. The van der Waals surface area contributed by atoms with Crippen LogP contribution in [0.4, 0.5) is 17.1 Å². The number of imide groups is 1. The third-order valence-corrected chi connectivity index (χ3v) is 8.79. The van der Waals surface area contributed by atoms with Crippen molar-refractivity contribution in [2.45, 2.75) is 24.7 Å². The molecule has 8 rings (SSSR count). The van der Waals surface area contributed by atoms with Gasteiger partial charge in [0.2, 0.25) is 11.8 Å². The van der Waals surface area contributed by atoms with Crippen molar-refractivity contribution in [3.63, 3.8) is 0 Å². The van der Waals surface area contributed by atoms with Crippen molar-refractivity contribution >= 4 is 28.9 Å². The number of azo groups is 1. The second-order valence-electron chi connectivity index (χ2n) is 10.5. The van der Waals surface area contributed by atoms with Gasteiger partial charge in [0.15, 0.2) is 0 Å². The monoisotopic (exact) mass is 483 g/mol. The Balaban J connectivity index is 1.31. The van der Waals surface area contributed by atoms with Crippen LogP contribution in [0, 0.1) is 11.8 Å². The molecule has 37 heavy (non-hydrogen) atoms. The molecular formula is C32H25N3O2. The first kappa shape index (κ1) is 21.9. The minimum atomic E-state index is -0.582.